The van der Waals surface area contributed by atoms with Crippen LogP contribution in [0.4, 0.5) is 0 Å². The topological polar surface area (TPSA) is 78.1 Å². The molecule has 1 atom stereocenters. The van der Waals surface area contributed by atoms with Crippen molar-refractivity contribution in [1.29, 1.82) is 0 Å². The summed E-state index contributed by atoms with van der Waals surface area (Å²) in [6.45, 7) is 0. The predicted octanol–water partition coefficient (Wildman–Crippen LogP) is 2.97. The van der Waals surface area contributed by atoms with Gasteiger partial charge in [0, 0.05) is 11.6 Å². The summed E-state index contributed by atoms with van der Waals surface area (Å²) in [5.74, 6) is 0.594. The van der Waals surface area contributed by atoms with Gasteiger partial charge in [0.15, 0.2) is 5.58 Å². The van der Waals surface area contributed by atoms with E-state index in [0.29, 0.717) is 5.89 Å². The van der Waals surface area contributed by atoms with Gasteiger partial charge in [-0.1, -0.05) is 24.3 Å². The van der Waals surface area contributed by atoms with Crippen LogP contribution >= 0.6 is 0 Å². The van der Waals surface area contributed by atoms with Gasteiger partial charge in [0.2, 0.25) is 5.89 Å². The molecular formula is C16H15N3O. The number of nitrogens with two attached hydrogens (primary N) is 2. The van der Waals surface area contributed by atoms with Crippen LogP contribution in [-0.4, -0.2) is 4.98 Å². The Bertz CT molecular complexity index is 728. The van der Waals surface area contributed by atoms with E-state index in [2.05, 4.69) is 4.98 Å². The summed E-state index contributed by atoms with van der Waals surface area (Å²) in [4.78, 5) is 4.48. The van der Waals surface area contributed by atoms with E-state index < -0.39 is 0 Å². The van der Waals surface area contributed by atoms with Crippen molar-refractivity contribution in [3.8, 4) is 11.5 Å². The average molecular weight is 265 g/mol. The Morgan fingerprint density at radius 2 is 1.95 bits per heavy atom. The number of fused-ring (bicyclic) bond motifs is 1. The summed E-state index contributed by atoms with van der Waals surface area (Å²) in [6.07, 6.45) is 3.20. The summed E-state index contributed by atoms with van der Waals surface area (Å²) in [6, 6.07) is 15.3. The third-order valence-electron chi connectivity index (χ3n) is 3.13. The molecule has 0 aliphatic carbocycles. The fourth-order valence-electron chi connectivity index (χ4n) is 2.11. The lowest BCUT2D eigenvalue weighted by atomic mass is 10.0. The van der Waals surface area contributed by atoms with Crippen LogP contribution in [0.5, 0.6) is 0 Å². The first-order chi connectivity index (χ1) is 9.78. The number of nitrogens with zero attached hydrogens (tertiary/aromatic N) is 1. The zero-order chi connectivity index (χ0) is 13.9. The van der Waals surface area contributed by atoms with E-state index >= 15 is 0 Å². The smallest absolute Gasteiger partial charge is 0.227 e. The molecular weight excluding hydrogens is 250 g/mol. The SMILES string of the molecule is N/C=C\C(N)c1cccc(-c2nc3ccccc3o2)c1. The van der Waals surface area contributed by atoms with E-state index in [-0.39, 0.29) is 6.04 Å². The minimum absolute atomic E-state index is 0.232. The fourth-order valence-corrected chi connectivity index (χ4v) is 2.11. The Morgan fingerprint density at radius 1 is 1.10 bits per heavy atom. The highest BCUT2D eigenvalue weighted by atomic mass is 16.3. The standard InChI is InChI=1S/C16H15N3O/c17-9-8-13(18)11-4-3-5-12(10-11)16-19-14-6-1-2-7-15(14)20-16/h1-10,13H,17-18H2/b9-8-. The maximum absolute atomic E-state index is 6.01. The molecule has 0 aliphatic rings. The Hall–Kier alpha value is -2.59. The van der Waals surface area contributed by atoms with E-state index in [4.69, 9.17) is 15.9 Å². The summed E-state index contributed by atoms with van der Waals surface area (Å²) < 4.78 is 5.75. The normalized spacial score (nSPS) is 13.1. The first-order valence-corrected chi connectivity index (χ1v) is 6.38. The van der Waals surface area contributed by atoms with Gasteiger partial charge in [0.05, 0.1) is 0 Å². The zero-order valence-electron chi connectivity index (χ0n) is 10.9. The van der Waals surface area contributed by atoms with Crippen molar-refractivity contribution < 1.29 is 4.42 Å². The van der Waals surface area contributed by atoms with E-state index in [0.717, 1.165) is 22.2 Å². The van der Waals surface area contributed by atoms with Crippen molar-refractivity contribution in [3.05, 3.63) is 66.4 Å². The number of rotatable bonds is 3. The van der Waals surface area contributed by atoms with Gasteiger partial charge in [-0.05, 0) is 42.1 Å². The lowest BCUT2D eigenvalue weighted by molar-refractivity contribution is 0.619. The quantitative estimate of drug-likeness (QED) is 0.763. The largest absolute Gasteiger partial charge is 0.436 e. The molecule has 20 heavy (non-hydrogen) atoms. The second kappa shape index (κ2) is 5.19. The van der Waals surface area contributed by atoms with Gasteiger partial charge in [0.1, 0.15) is 5.52 Å². The highest BCUT2D eigenvalue weighted by Gasteiger charge is 2.09. The van der Waals surface area contributed by atoms with Crippen molar-refractivity contribution in [1.82, 2.24) is 4.98 Å². The van der Waals surface area contributed by atoms with Gasteiger partial charge in [0.25, 0.3) is 0 Å². The summed E-state index contributed by atoms with van der Waals surface area (Å²) in [5.41, 5.74) is 14.9. The Morgan fingerprint density at radius 3 is 2.75 bits per heavy atom. The van der Waals surface area contributed by atoms with Crippen LogP contribution in [0.1, 0.15) is 11.6 Å². The summed E-state index contributed by atoms with van der Waals surface area (Å²) >= 11 is 0. The third kappa shape index (κ3) is 2.29. The molecule has 0 amide bonds. The van der Waals surface area contributed by atoms with Gasteiger partial charge in [-0.3, -0.25) is 0 Å². The average Bonchev–Trinajstić information content (AvgIpc) is 2.91. The molecule has 0 saturated carbocycles. The highest BCUT2D eigenvalue weighted by Crippen LogP contribution is 2.26. The number of hydrogen-bond acceptors (Lipinski definition) is 4. The Labute approximate surface area is 116 Å². The van der Waals surface area contributed by atoms with Crippen LogP contribution in [0, 0.1) is 0 Å². The van der Waals surface area contributed by atoms with Crippen molar-refractivity contribution in [3.63, 3.8) is 0 Å². The molecule has 0 saturated heterocycles. The monoisotopic (exact) mass is 265 g/mol. The van der Waals surface area contributed by atoms with Crippen molar-refractivity contribution in [2.45, 2.75) is 6.04 Å². The van der Waals surface area contributed by atoms with Gasteiger partial charge < -0.3 is 15.9 Å². The zero-order valence-corrected chi connectivity index (χ0v) is 10.9. The number of hydrogen-bond donors (Lipinski definition) is 2. The molecule has 100 valence electrons. The highest BCUT2D eigenvalue weighted by molar-refractivity contribution is 5.76. The van der Waals surface area contributed by atoms with Crippen LogP contribution in [0.3, 0.4) is 0 Å². The lowest BCUT2D eigenvalue weighted by Gasteiger charge is -2.07. The van der Waals surface area contributed by atoms with Crippen molar-refractivity contribution in [2.24, 2.45) is 11.5 Å². The first-order valence-electron chi connectivity index (χ1n) is 6.38. The van der Waals surface area contributed by atoms with Crippen molar-refractivity contribution in [2.75, 3.05) is 0 Å². The maximum atomic E-state index is 6.01. The predicted molar refractivity (Wildman–Crippen MR) is 79.7 cm³/mol. The summed E-state index contributed by atoms with van der Waals surface area (Å²) in [5, 5.41) is 0. The van der Waals surface area contributed by atoms with Gasteiger partial charge in [-0.2, -0.15) is 0 Å². The molecule has 4 heteroatoms. The number of aromatic nitrogens is 1. The molecule has 3 aromatic rings. The molecule has 0 radical (unpaired) electrons. The molecule has 0 bridgehead atoms. The van der Waals surface area contributed by atoms with E-state index in [1.165, 1.54) is 6.20 Å². The minimum atomic E-state index is -0.232. The molecule has 3 rings (SSSR count). The fraction of sp³-hybridized carbons (Fsp3) is 0.0625. The number of para-hydroxylation sites is 2. The van der Waals surface area contributed by atoms with Crippen LogP contribution < -0.4 is 11.5 Å². The molecule has 2 aromatic carbocycles. The minimum Gasteiger partial charge on any atom is -0.436 e. The van der Waals surface area contributed by atoms with Crippen molar-refractivity contribution >= 4 is 11.1 Å². The van der Waals surface area contributed by atoms with Crippen LogP contribution in [0.2, 0.25) is 0 Å². The molecule has 4 N–H and O–H groups in total. The number of oxazole rings is 1. The van der Waals surface area contributed by atoms with E-state index in [1.54, 1.807) is 6.08 Å². The Kier molecular flexibility index (Phi) is 3.23. The van der Waals surface area contributed by atoms with Crippen LogP contribution in [-0.2, 0) is 0 Å². The van der Waals surface area contributed by atoms with Crippen LogP contribution in [0.25, 0.3) is 22.6 Å². The first kappa shape index (κ1) is 12.4. The van der Waals surface area contributed by atoms with Crippen LogP contribution in [0.15, 0.2) is 65.2 Å². The van der Waals surface area contributed by atoms with Gasteiger partial charge in [-0.15, -0.1) is 0 Å². The second-order valence-electron chi connectivity index (χ2n) is 4.52. The molecule has 1 aromatic heterocycles. The molecule has 4 nitrogen and oxygen atoms in total. The van der Waals surface area contributed by atoms with Gasteiger partial charge in [-0.25, -0.2) is 4.98 Å². The maximum Gasteiger partial charge on any atom is 0.227 e. The third-order valence-corrected chi connectivity index (χ3v) is 3.13. The molecule has 1 unspecified atom stereocenters. The molecule has 1 heterocycles. The molecule has 0 spiro atoms. The van der Waals surface area contributed by atoms with E-state index in [9.17, 15) is 0 Å². The van der Waals surface area contributed by atoms with Gasteiger partial charge >= 0.3 is 0 Å². The molecule has 0 fully saturated rings. The lowest BCUT2D eigenvalue weighted by Crippen LogP contribution is -2.07. The Balaban J connectivity index is 2.03. The number of benzene rings is 2. The second-order valence-corrected chi connectivity index (χ2v) is 4.52. The summed E-state index contributed by atoms with van der Waals surface area (Å²) in [7, 11) is 0. The molecule has 0 aliphatic heterocycles. The van der Waals surface area contributed by atoms with E-state index in [1.807, 2.05) is 48.5 Å².